The highest BCUT2D eigenvalue weighted by Gasteiger charge is 2.19. The molecule has 0 fully saturated rings. The van der Waals surface area contributed by atoms with Crippen LogP contribution in [0.15, 0.2) is 24.3 Å². The summed E-state index contributed by atoms with van der Waals surface area (Å²) in [7, 11) is 0. The first kappa shape index (κ1) is 14.1. The molecular formula is C13H19NO2S. The minimum absolute atomic E-state index is 0.0801. The van der Waals surface area contributed by atoms with Gasteiger partial charge < -0.3 is 10.4 Å². The van der Waals surface area contributed by atoms with Crippen molar-refractivity contribution < 1.29 is 9.90 Å². The molecule has 4 heteroatoms. The number of hydrogen-bond donors (Lipinski definition) is 2. The molecule has 1 aromatic carbocycles. The molecule has 0 saturated heterocycles. The van der Waals surface area contributed by atoms with Crippen LogP contribution < -0.4 is 5.32 Å². The Balaban J connectivity index is 2.70. The van der Waals surface area contributed by atoms with Crippen LogP contribution in [0.3, 0.4) is 0 Å². The van der Waals surface area contributed by atoms with E-state index in [0.717, 1.165) is 5.75 Å². The highest BCUT2D eigenvalue weighted by molar-refractivity contribution is 7.97. The van der Waals surface area contributed by atoms with Crippen molar-refractivity contribution in [2.24, 2.45) is 0 Å². The van der Waals surface area contributed by atoms with Crippen molar-refractivity contribution >= 4 is 17.7 Å². The smallest absolute Gasteiger partial charge is 0.251 e. The summed E-state index contributed by atoms with van der Waals surface area (Å²) < 4.78 is 0. The van der Waals surface area contributed by atoms with Crippen molar-refractivity contribution in [3.63, 3.8) is 0 Å². The van der Waals surface area contributed by atoms with Gasteiger partial charge in [0.15, 0.2) is 0 Å². The van der Waals surface area contributed by atoms with Crippen molar-refractivity contribution in [1.29, 1.82) is 0 Å². The number of rotatable bonds is 5. The lowest BCUT2D eigenvalue weighted by Crippen LogP contribution is -2.46. The van der Waals surface area contributed by atoms with E-state index >= 15 is 0 Å². The maximum Gasteiger partial charge on any atom is 0.251 e. The van der Waals surface area contributed by atoms with Gasteiger partial charge in [-0.15, -0.1) is 0 Å². The average molecular weight is 253 g/mol. The molecule has 17 heavy (non-hydrogen) atoms. The number of carbonyl (C=O) groups is 1. The van der Waals surface area contributed by atoms with E-state index in [0.29, 0.717) is 5.56 Å². The number of hydrogen-bond acceptors (Lipinski definition) is 3. The first-order valence-corrected chi connectivity index (χ1v) is 6.89. The van der Waals surface area contributed by atoms with E-state index in [1.54, 1.807) is 25.6 Å². The van der Waals surface area contributed by atoms with Gasteiger partial charge in [0.25, 0.3) is 5.91 Å². The largest absolute Gasteiger partial charge is 0.394 e. The Morgan fingerprint density at radius 3 is 2.41 bits per heavy atom. The Bertz CT molecular complexity index is 374. The molecule has 1 rings (SSSR count). The van der Waals surface area contributed by atoms with Gasteiger partial charge in [-0.1, -0.05) is 12.1 Å². The van der Waals surface area contributed by atoms with E-state index < -0.39 is 5.54 Å². The first-order chi connectivity index (χ1) is 7.98. The summed E-state index contributed by atoms with van der Waals surface area (Å²) in [4.78, 5) is 11.9. The van der Waals surface area contributed by atoms with E-state index in [2.05, 4.69) is 5.32 Å². The molecule has 0 bridgehead atoms. The summed E-state index contributed by atoms with van der Waals surface area (Å²) in [6.45, 7) is 3.49. The summed E-state index contributed by atoms with van der Waals surface area (Å²) in [5.74, 6) is 0.795. The topological polar surface area (TPSA) is 49.3 Å². The Labute approximate surface area is 107 Å². The lowest BCUT2D eigenvalue weighted by Gasteiger charge is -2.23. The standard InChI is InChI=1S/C13H19NO2S/c1-13(2,9-15)14-12(16)11-6-4-10(5-7-11)8-17-3/h4-7,15H,8-9H2,1-3H3,(H,14,16). The van der Waals surface area contributed by atoms with E-state index in [-0.39, 0.29) is 12.5 Å². The lowest BCUT2D eigenvalue weighted by molar-refractivity contribution is 0.0869. The van der Waals surface area contributed by atoms with E-state index in [4.69, 9.17) is 5.11 Å². The molecule has 0 heterocycles. The zero-order valence-corrected chi connectivity index (χ0v) is 11.3. The van der Waals surface area contributed by atoms with E-state index in [9.17, 15) is 4.79 Å². The van der Waals surface area contributed by atoms with Crippen molar-refractivity contribution in [3.05, 3.63) is 35.4 Å². The summed E-state index contributed by atoms with van der Waals surface area (Å²) in [6.07, 6.45) is 2.05. The molecule has 0 radical (unpaired) electrons. The maximum absolute atomic E-state index is 11.9. The van der Waals surface area contributed by atoms with Gasteiger partial charge in [0, 0.05) is 11.3 Å². The van der Waals surface area contributed by atoms with Crippen LogP contribution in [-0.4, -0.2) is 29.4 Å². The van der Waals surface area contributed by atoms with Crippen molar-refractivity contribution in [1.82, 2.24) is 5.32 Å². The number of nitrogens with one attached hydrogen (secondary N) is 1. The van der Waals surface area contributed by atoms with Gasteiger partial charge in [-0.25, -0.2) is 0 Å². The molecule has 3 nitrogen and oxygen atoms in total. The fourth-order valence-corrected chi connectivity index (χ4v) is 1.86. The second-order valence-electron chi connectivity index (χ2n) is 4.63. The summed E-state index contributed by atoms with van der Waals surface area (Å²) >= 11 is 1.75. The molecule has 0 aliphatic heterocycles. The number of carbonyl (C=O) groups excluding carboxylic acids is 1. The fraction of sp³-hybridized carbons (Fsp3) is 0.462. The molecule has 0 spiro atoms. The minimum atomic E-state index is -0.588. The Hall–Kier alpha value is -1.00. The third-order valence-electron chi connectivity index (χ3n) is 2.37. The third kappa shape index (κ3) is 4.40. The number of thioether (sulfide) groups is 1. The minimum Gasteiger partial charge on any atom is -0.394 e. The second-order valence-corrected chi connectivity index (χ2v) is 5.49. The quantitative estimate of drug-likeness (QED) is 0.844. The van der Waals surface area contributed by atoms with Crippen molar-refractivity contribution in [2.75, 3.05) is 12.9 Å². The highest BCUT2D eigenvalue weighted by atomic mass is 32.2. The van der Waals surface area contributed by atoms with Crippen LogP contribution in [0, 0.1) is 0 Å². The average Bonchev–Trinajstić information content (AvgIpc) is 2.30. The predicted molar refractivity (Wildman–Crippen MR) is 72.3 cm³/mol. The monoisotopic (exact) mass is 253 g/mol. The summed E-state index contributed by atoms with van der Waals surface area (Å²) in [5.41, 5.74) is 1.24. The third-order valence-corrected chi connectivity index (χ3v) is 3.00. The number of amides is 1. The number of benzene rings is 1. The highest BCUT2D eigenvalue weighted by Crippen LogP contribution is 2.11. The van der Waals surface area contributed by atoms with Crippen LogP contribution in [0.2, 0.25) is 0 Å². The van der Waals surface area contributed by atoms with Crippen LogP contribution in [0.4, 0.5) is 0 Å². The van der Waals surface area contributed by atoms with Gasteiger partial charge in [-0.2, -0.15) is 11.8 Å². The SMILES string of the molecule is CSCc1ccc(C(=O)NC(C)(C)CO)cc1. The molecule has 0 saturated carbocycles. The fourth-order valence-electron chi connectivity index (χ4n) is 1.34. The molecular weight excluding hydrogens is 234 g/mol. The van der Waals surface area contributed by atoms with Gasteiger partial charge in [0.05, 0.1) is 12.1 Å². The van der Waals surface area contributed by atoms with Gasteiger partial charge in [0.1, 0.15) is 0 Å². The van der Waals surface area contributed by atoms with Gasteiger partial charge >= 0.3 is 0 Å². The molecule has 0 unspecified atom stereocenters. The van der Waals surface area contributed by atoms with Crippen molar-refractivity contribution in [2.45, 2.75) is 25.1 Å². The maximum atomic E-state index is 11.9. The zero-order chi connectivity index (χ0) is 12.9. The summed E-state index contributed by atoms with van der Waals surface area (Å²) in [6, 6.07) is 7.54. The van der Waals surface area contributed by atoms with Crippen molar-refractivity contribution in [3.8, 4) is 0 Å². The van der Waals surface area contributed by atoms with Crippen LogP contribution in [0.1, 0.15) is 29.8 Å². The Morgan fingerprint density at radius 2 is 1.94 bits per heavy atom. The molecule has 94 valence electrons. The van der Waals surface area contributed by atoms with E-state index in [1.165, 1.54) is 5.56 Å². The molecule has 0 aliphatic rings. The van der Waals surface area contributed by atoms with Crippen LogP contribution in [-0.2, 0) is 5.75 Å². The zero-order valence-electron chi connectivity index (χ0n) is 10.5. The molecule has 1 amide bonds. The second kappa shape index (κ2) is 6.07. The molecule has 1 aromatic rings. The predicted octanol–water partition coefficient (Wildman–Crippen LogP) is 2.05. The molecule has 0 atom stereocenters. The van der Waals surface area contributed by atoms with Crippen LogP contribution in [0.5, 0.6) is 0 Å². The van der Waals surface area contributed by atoms with Gasteiger partial charge in [0.2, 0.25) is 0 Å². The number of aliphatic hydroxyl groups excluding tert-OH is 1. The molecule has 0 aliphatic carbocycles. The van der Waals surface area contributed by atoms with Crippen LogP contribution in [0.25, 0.3) is 0 Å². The number of aliphatic hydroxyl groups is 1. The summed E-state index contributed by atoms with van der Waals surface area (Å²) in [5, 5.41) is 11.9. The Kier molecular flexibility index (Phi) is 5.02. The molecule has 0 aromatic heterocycles. The first-order valence-electron chi connectivity index (χ1n) is 5.50. The van der Waals surface area contributed by atoms with Gasteiger partial charge in [-0.3, -0.25) is 4.79 Å². The Morgan fingerprint density at radius 1 is 1.35 bits per heavy atom. The van der Waals surface area contributed by atoms with E-state index in [1.807, 2.05) is 30.5 Å². The normalized spacial score (nSPS) is 11.3. The lowest BCUT2D eigenvalue weighted by atomic mass is 10.1. The molecule has 2 N–H and O–H groups in total. The van der Waals surface area contributed by atoms with Gasteiger partial charge in [-0.05, 0) is 37.8 Å². The van der Waals surface area contributed by atoms with Crippen LogP contribution >= 0.6 is 11.8 Å².